The van der Waals surface area contributed by atoms with Crippen LogP contribution in [-0.2, 0) is 4.79 Å². The first kappa shape index (κ1) is 19.0. The van der Waals surface area contributed by atoms with Crippen molar-refractivity contribution in [1.82, 2.24) is 25.5 Å². The van der Waals surface area contributed by atoms with Crippen molar-refractivity contribution in [1.29, 1.82) is 0 Å². The van der Waals surface area contributed by atoms with Gasteiger partial charge >= 0.3 is 0 Å². The zero-order chi connectivity index (χ0) is 19.5. The highest BCUT2D eigenvalue weighted by atomic mass is 32.2. The van der Waals surface area contributed by atoms with Gasteiger partial charge in [-0.25, -0.2) is 4.68 Å². The Morgan fingerprint density at radius 2 is 2.18 bits per heavy atom. The second-order valence-corrected chi connectivity index (χ2v) is 8.72. The number of amides is 1. The van der Waals surface area contributed by atoms with E-state index in [0.29, 0.717) is 18.5 Å². The number of benzene rings is 1. The number of ether oxygens (including phenoxy) is 1. The predicted molar refractivity (Wildman–Crippen MR) is 108 cm³/mol. The van der Waals surface area contributed by atoms with Crippen LogP contribution in [0, 0.1) is 5.92 Å². The van der Waals surface area contributed by atoms with Gasteiger partial charge in [0.2, 0.25) is 11.1 Å². The number of nitrogens with one attached hydrogen (secondary N) is 1. The van der Waals surface area contributed by atoms with Crippen molar-refractivity contribution in [2.75, 3.05) is 31.6 Å². The lowest BCUT2D eigenvalue weighted by Crippen LogP contribution is -2.35. The summed E-state index contributed by atoms with van der Waals surface area (Å²) in [5.41, 5.74) is 1.12. The Hall–Kier alpha value is -2.29. The van der Waals surface area contributed by atoms with E-state index in [4.69, 9.17) is 4.74 Å². The van der Waals surface area contributed by atoms with Gasteiger partial charge in [-0.05, 0) is 54.7 Å². The van der Waals surface area contributed by atoms with Crippen LogP contribution in [0.4, 0.5) is 5.69 Å². The number of hydrogen-bond donors (Lipinski definition) is 1. The molecule has 1 aromatic carbocycles. The van der Waals surface area contributed by atoms with Crippen LogP contribution >= 0.6 is 11.8 Å². The Balaban J connectivity index is 1.26. The smallest absolute Gasteiger partial charge is 0.233 e. The Kier molecular flexibility index (Phi) is 5.70. The molecule has 0 unspecified atom stereocenters. The molecule has 1 amide bonds. The number of para-hydroxylation sites is 2. The Labute approximate surface area is 169 Å². The fourth-order valence-electron chi connectivity index (χ4n) is 3.52. The maximum absolute atomic E-state index is 12.5. The highest BCUT2D eigenvalue weighted by Crippen LogP contribution is 2.37. The molecule has 4 rings (SSSR count). The lowest BCUT2D eigenvalue weighted by atomic mass is 10.1. The predicted octanol–water partition coefficient (Wildman–Crippen LogP) is 2.14. The first-order valence-electron chi connectivity index (χ1n) is 9.76. The van der Waals surface area contributed by atoms with Crippen molar-refractivity contribution in [2.45, 2.75) is 42.6 Å². The number of aromatic nitrogens is 4. The molecule has 9 heteroatoms. The number of carbonyl (C=O) groups is 1. The van der Waals surface area contributed by atoms with E-state index >= 15 is 0 Å². The van der Waals surface area contributed by atoms with Crippen LogP contribution in [0.15, 0.2) is 29.4 Å². The zero-order valence-electron chi connectivity index (χ0n) is 16.2. The molecule has 1 aromatic heterocycles. The third kappa shape index (κ3) is 4.24. The average Bonchev–Trinajstić information content (AvgIpc) is 3.27. The molecule has 2 atom stereocenters. The third-order valence-electron chi connectivity index (χ3n) is 5.28. The molecule has 0 radical (unpaired) electrons. The molecule has 1 aliphatic heterocycles. The van der Waals surface area contributed by atoms with E-state index in [0.717, 1.165) is 48.9 Å². The second kappa shape index (κ2) is 8.38. The Morgan fingerprint density at radius 1 is 1.36 bits per heavy atom. The van der Waals surface area contributed by atoms with Gasteiger partial charge in [-0.1, -0.05) is 23.9 Å². The van der Waals surface area contributed by atoms with Crippen molar-refractivity contribution in [3.05, 3.63) is 24.3 Å². The van der Waals surface area contributed by atoms with Crippen molar-refractivity contribution in [2.24, 2.45) is 5.92 Å². The fourth-order valence-corrected chi connectivity index (χ4v) is 4.40. The van der Waals surface area contributed by atoms with Gasteiger partial charge in [0.25, 0.3) is 0 Å². The summed E-state index contributed by atoms with van der Waals surface area (Å²) in [6, 6.07) is 8.49. The highest BCUT2D eigenvalue weighted by Gasteiger charge is 2.30. The van der Waals surface area contributed by atoms with Gasteiger partial charge in [0.05, 0.1) is 24.1 Å². The molecular weight excluding hydrogens is 376 g/mol. The van der Waals surface area contributed by atoms with E-state index in [-0.39, 0.29) is 11.2 Å². The monoisotopic (exact) mass is 402 g/mol. The topological polar surface area (TPSA) is 85.2 Å². The number of carbonyl (C=O) groups excluding carboxylic acids is 1. The molecule has 150 valence electrons. The number of rotatable bonds is 8. The van der Waals surface area contributed by atoms with Crippen molar-refractivity contribution in [3.63, 3.8) is 0 Å². The van der Waals surface area contributed by atoms with Crippen LogP contribution in [0.3, 0.4) is 0 Å². The molecule has 1 saturated carbocycles. The molecule has 2 heterocycles. The lowest BCUT2D eigenvalue weighted by Gasteiger charge is -2.21. The van der Waals surface area contributed by atoms with Gasteiger partial charge in [0, 0.05) is 19.6 Å². The summed E-state index contributed by atoms with van der Waals surface area (Å²) < 4.78 is 7.31. The van der Waals surface area contributed by atoms with Crippen molar-refractivity contribution < 1.29 is 9.53 Å². The van der Waals surface area contributed by atoms with E-state index in [1.807, 2.05) is 29.8 Å². The zero-order valence-corrected chi connectivity index (χ0v) is 17.1. The van der Waals surface area contributed by atoms with Crippen LogP contribution in [0.25, 0.3) is 0 Å². The maximum Gasteiger partial charge on any atom is 0.233 e. The number of hydrogen-bond acceptors (Lipinski definition) is 7. The van der Waals surface area contributed by atoms with Crippen LogP contribution < -0.4 is 15.0 Å². The molecular formula is C19H26N6O2S. The van der Waals surface area contributed by atoms with E-state index < -0.39 is 0 Å². The van der Waals surface area contributed by atoms with Gasteiger partial charge < -0.3 is 15.0 Å². The first-order chi connectivity index (χ1) is 13.7. The van der Waals surface area contributed by atoms with Crippen LogP contribution in [0.2, 0.25) is 0 Å². The number of methoxy groups -OCH3 is 1. The Morgan fingerprint density at radius 3 is 2.96 bits per heavy atom. The van der Waals surface area contributed by atoms with Gasteiger partial charge in [-0.2, -0.15) is 0 Å². The first-order valence-corrected chi connectivity index (χ1v) is 10.6. The molecule has 28 heavy (non-hydrogen) atoms. The molecule has 2 aliphatic rings. The van der Waals surface area contributed by atoms with Crippen LogP contribution in [0.5, 0.6) is 5.75 Å². The van der Waals surface area contributed by atoms with Gasteiger partial charge in [-0.15, -0.1) is 5.10 Å². The summed E-state index contributed by atoms with van der Waals surface area (Å²) in [7, 11) is 1.70. The maximum atomic E-state index is 12.5. The molecule has 8 nitrogen and oxygen atoms in total. The van der Waals surface area contributed by atoms with Gasteiger partial charge in [-0.3, -0.25) is 4.79 Å². The van der Waals surface area contributed by atoms with Gasteiger partial charge in [0.15, 0.2) is 0 Å². The molecule has 2 aromatic rings. The third-order valence-corrected chi connectivity index (χ3v) is 6.33. The summed E-state index contributed by atoms with van der Waals surface area (Å²) in [6.07, 6.45) is 3.28. The standard InChI is InChI=1S/C19H26N6O2S/c1-13(28-19-21-22-23-25(19)15-7-8-15)18(26)20-11-14-9-10-24(12-14)16-5-3-4-6-17(16)27-2/h3-6,13-15H,7-12H2,1-2H3,(H,20,26)/t13-,14-/m0/s1. The molecule has 2 fully saturated rings. The van der Waals surface area contributed by atoms with E-state index in [1.165, 1.54) is 11.8 Å². The molecule has 0 bridgehead atoms. The van der Waals surface area contributed by atoms with Gasteiger partial charge in [0.1, 0.15) is 5.75 Å². The number of thioether (sulfide) groups is 1. The lowest BCUT2D eigenvalue weighted by molar-refractivity contribution is -0.120. The highest BCUT2D eigenvalue weighted by molar-refractivity contribution is 8.00. The summed E-state index contributed by atoms with van der Waals surface area (Å²) in [5, 5.41) is 15.5. The Bertz CT molecular complexity index is 824. The summed E-state index contributed by atoms with van der Waals surface area (Å²) >= 11 is 1.43. The quantitative estimate of drug-likeness (QED) is 0.677. The molecule has 1 aliphatic carbocycles. The van der Waals surface area contributed by atoms with Crippen LogP contribution in [0.1, 0.15) is 32.2 Å². The average molecular weight is 403 g/mol. The fraction of sp³-hybridized carbons (Fsp3) is 0.579. The number of nitrogens with zero attached hydrogens (tertiary/aromatic N) is 5. The molecule has 0 spiro atoms. The summed E-state index contributed by atoms with van der Waals surface area (Å²) in [4.78, 5) is 14.9. The minimum absolute atomic E-state index is 0.0334. The SMILES string of the molecule is COc1ccccc1N1CC[C@@H](CNC(=O)[C@H](C)Sc2nnnn2C2CC2)C1. The summed E-state index contributed by atoms with van der Waals surface area (Å²) in [6.45, 7) is 4.48. The van der Waals surface area contributed by atoms with Crippen molar-refractivity contribution >= 4 is 23.4 Å². The van der Waals surface area contributed by atoms with E-state index in [1.54, 1.807) is 7.11 Å². The summed E-state index contributed by atoms with van der Waals surface area (Å²) in [5.74, 6) is 1.36. The van der Waals surface area contributed by atoms with Crippen molar-refractivity contribution in [3.8, 4) is 5.75 Å². The van der Waals surface area contributed by atoms with E-state index in [2.05, 4.69) is 31.8 Å². The van der Waals surface area contributed by atoms with Crippen LogP contribution in [-0.4, -0.2) is 58.1 Å². The number of anilines is 1. The molecule has 1 N–H and O–H groups in total. The molecule has 1 saturated heterocycles. The van der Waals surface area contributed by atoms with E-state index in [9.17, 15) is 4.79 Å². The largest absolute Gasteiger partial charge is 0.495 e. The minimum atomic E-state index is -0.227. The second-order valence-electron chi connectivity index (χ2n) is 7.41. The minimum Gasteiger partial charge on any atom is -0.495 e. The normalized spacial score (nSPS) is 20.2. The number of tetrazole rings is 1.